The van der Waals surface area contributed by atoms with E-state index in [2.05, 4.69) is 4.98 Å². The van der Waals surface area contributed by atoms with Crippen LogP contribution >= 0.6 is 0 Å². The molecule has 2 rings (SSSR count). The van der Waals surface area contributed by atoms with E-state index in [4.69, 9.17) is 5.11 Å². The molecule has 3 heteroatoms. The lowest BCUT2D eigenvalue weighted by Gasteiger charge is -1.97. The summed E-state index contributed by atoms with van der Waals surface area (Å²) >= 11 is 0. The molecule has 1 aromatic carbocycles. The van der Waals surface area contributed by atoms with Gasteiger partial charge in [0, 0.05) is 23.7 Å². The highest BCUT2D eigenvalue weighted by Crippen LogP contribution is 2.27. The Hall–Kier alpha value is -1.48. The van der Waals surface area contributed by atoms with Crippen LogP contribution in [0.5, 0.6) is 5.75 Å². The van der Waals surface area contributed by atoms with Gasteiger partial charge in [-0.3, -0.25) is 0 Å². The Labute approximate surface area is 75.6 Å². The van der Waals surface area contributed by atoms with Crippen LogP contribution in [0.2, 0.25) is 0 Å². The molecule has 1 aromatic heterocycles. The lowest BCUT2D eigenvalue weighted by molar-refractivity contribution is 0.300. The van der Waals surface area contributed by atoms with Crippen LogP contribution in [-0.2, 0) is 6.42 Å². The van der Waals surface area contributed by atoms with Gasteiger partial charge in [-0.1, -0.05) is 6.07 Å². The Morgan fingerprint density at radius 3 is 2.92 bits per heavy atom. The van der Waals surface area contributed by atoms with Crippen molar-refractivity contribution in [2.45, 2.75) is 6.42 Å². The standard InChI is InChI=1S/C10H11NO2/c12-5-4-7-6-11-8-2-1-3-9(13)10(7)8/h1-3,6,11-13H,4-5H2. The smallest absolute Gasteiger partial charge is 0.125 e. The minimum atomic E-state index is 0.0985. The number of phenols is 1. The Morgan fingerprint density at radius 1 is 1.31 bits per heavy atom. The molecule has 0 saturated carbocycles. The van der Waals surface area contributed by atoms with Crippen LogP contribution in [0.1, 0.15) is 5.56 Å². The molecule has 0 unspecified atom stereocenters. The summed E-state index contributed by atoms with van der Waals surface area (Å²) in [5, 5.41) is 19.2. The Balaban J connectivity index is 2.64. The van der Waals surface area contributed by atoms with Crippen LogP contribution in [0, 0.1) is 0 Å². The molecule has 0 aliphatic rings. The molecule has 0 fully saturated rings. The number of aromatic nitrogens is 1. The van der Waals surface area contributed by atoms with Gasteiger partial charge in [0.2, 0.25) is 0 Å². The predicted octanol–water partition coefficient (Wildman–Crippen LogP) is 1.41. The molecular weight excluding hydrogens is 166 g/mol. The third kappa shape index (κ3) is 1.27. The average molecular weight is 177 g/mol. The minimum absolute atomic E-state index is 0.0985. The highest BCUT2D eigenvalue weighted by atomic mass is 16.3. The number of hydrogen-bond donors (Lipinski definition) is 3. The number of fused-ring (bicyclic) bond motifs is 1. The Bertz CT molecular complexity index is 420. The number of H-pyrrole nitrogens is 1. The third-order valence-electron chi connectivity index (χ3n) is 2.15. The Morgan fingerprint density at radius 2 is 2.15 bits per heavy atom. The molecule has 0 aliphatic carbocycles. The molecule has 0 saturated heterocycles. The van der Waals surface area contributed by atoms with Gasteiger partial charge >= 0.3 is 0 Å². The summed E-state index contributed by atoms with van der Waals surface area (Å²) in [6.45, 7) is 0.0985. The van der Waals surface area contributed by atoms with Gasteiger partial charge in [0.05, 0.1) is 0 Å². The quantitative estimate of drug-likeness (QED) is 0.649. The van der Waals surface area contributed by atoms with Gasteiger partial charge in [0.25, 0.3) is 0 Å². The highest BCUT2D eigenvalue weighted by Gasteiger charge is 2.06. The van der Waals surface area contributed by atoms with Crippen LogP contribution in [0.3, 0.4) is 0 Å². The normalized spacial score (nSPS) is 10.8. The van der Waals surface area contributed by atoms with Crippen molar-refractivity contribution < 1.29 is 10.2 Å². The van der Waals surface area contributed by atoms with Crippen molar-refractivity contribution >= 4 is 10.9 Å². The highest BCUT2D eigenvalue weighted by molar-refractivity contribution is 5.88. The first-order chi connectivity index (χ1) is 6.33. The summed E-state index contributed by atoms with van der Waals surface area (Å²) < 4.78 is 0. The maximum absolute atomic E-state index is 9.57. The second kappa shape index (κ2) is 3.11. The van der Waals surface area contributed by atoms with E-state index < -0.39 is 0 Å². The molecule has 0 amide bonds. The van der Waals surface area contributed by atoms with E-state index in [1.807, 2.05) is 12.3 Å². The lowest BCUT2D eigenvalue weighted by atomic mass is 10.1. The summed E-state index contributed by atoms with van der Waals surface area (Å²) in [7, 11) is 0. The minimum Gasteiger partial charge on any atom is -0.507 e. The summed E-state index contributed by atoms with van der Waals surface area (Å²) in [6, 6.07) is 5.34. The lowest BCUT2D eigenvalue weighted by Crippen LogP contribution is -1.88. The predicted molar refractivity (Wildman–Crippen MR) is 50.8 cm³/mol. The van der Waals surface area contributed by atoms with Crippen molar-refractivity contribution in [2.75, 3.05) is 6.61 Å². The van der Waals surface area contributed by atoms with Crippen LogP contribution in [0.4, 0.5) is 0 Å². The largest absolute Gasteiger partial charge is 0.507 e. The fraction of sp³-hybridized carbons (Fsp3) is 0.200. The van der Waals surface area contributed by atoms with Gasteiger partial charge in [0.1, 0.15) is 5.75 Å². The molecule has 2 aromatic rings. The SMILES string of the molecule is OCCc1c[nH]c2cccc(O)c12. The molecule has 68 valence electrons. The first kappa shape index (κ1) is 8.13. The number of rotatable bonds is 2. The zero-order chi connectivity index (χ0) is 9.26. The molecule has 0 aliphatic heterocycles. The zero-order valence-electron chi connectivity index (χ0n) is 7.12. The van der Waals surface area contributed by atoms with E-state index in [1.54, 1.807) is 12.1 Å². The number of aromatic amines is 1. The summed E-state index contributed by atoms with van der Waals surface area (Å²) in [5.41, 5.74) is 1.86. The molecule has 0 atom stereocenters. The number of phenolic OH excluding ortho intramolecular Hbond substituents is 1. The van der Waals surface area contributed by atoms with Crippen LogP contribution < -0.4 is 0 Å². The van der Waals surface area contributed by atoms with Crippen LogP contribution in [-0.4, -0.2) is 21.8 Å². The maximum Gasteiger partial charge on any atom is 0.125 e. The molecule has 0 bridgehead atoms. The van der Waals surface area contributed by atoms with E-state index in [9.17, 15) is 5.11 Å². The first-order valence-corrected chi connectivity index (χ1v) is 4.21. The zero-order valence-corrected chi connectivity index (χ0v) is 7.12. The number of hydrogen-bond acceptors (Lipinski definition) is 2. The molecule has 3 N–H and O–H groups in total. The van der Waals surface area contributed by atoms with Gasteiger partial charge in [-0.05, 0) is 24.1 Å². The fourth-order valence-electron chi connectivity index (χ4n) is 1.55. The van der Waals surface area contributed by atoms with E-state index in [0.29, 0.717) is 6.42 Å². The van der Waals surface area contributed by atoms with Gasteiger partial charge in [-0.25, -0.2) is 0 Å². The number of aliphatic hydroxyl groups is 1. The summed E-state index contributed by atoms with van der Waals surface area (Å²) in [5.74, 6) is 0.266. The Kier molecular flexibility index (Phi) is 1.94. The van der Waals surface area contributed by atoms with Gasteiger partial charge in [-0.15, -0.1) is 0 Å². The third-order valence-corrected chi connectivity index (χ3v) is 2.15. The van der Waals surface area contributed by atoms with Crippen molar-refractivity contribution in [3.05, 3.63) is 30.0 Å². The van der Waals surface area contributed by atoms with Crippen molar-refractivity contribution in [1.29, 1.82) is 0 Å². The van der Waals surface area contributed by atoms with Crippen molar-refractivity contribution in [3.63, 3.8) is 0 Å². The van der Waals surface area contributed by atoms with Crippen molar-refractivity contribution in [3.8, 4) is 5.75 Å². The van der Waals surface area contributed by atoms with Crippen molar-refractivity contribution in [1.82, 2.24) is 4.98 Å². The van der Waals surface area contributed by atoms with Crippen molar-refractivity contribution in [2.24, 2.45) is 0 Å². The topological polar surface area (TPSA) is 56.2 Å². The van der Waals surface area contributed by atoms with Crippen LogP contribution in [0.15, 0.2) is 24.4 Å². The van der Waals surface area contributed by atoms with Crippen LogP contribution in [0.25, 0.3) is 10.9 Å². The molecule has 0 radical (unpaired) electrons. The monoisotopic (exact) mass is 177 g/mol. The van der Waals surface area contributed by atoms with E-state index in [0.717, 1.165) is 16.5 Å². The molecule has 3 nitrogen and oxygen atoms in total. The fourth-order valence-corrected chi connectivity index (χ4v) is 1.55. The first-order valence-electron chi connectivity index (χ1n) is 4.21. The van der Waals surface area contributed by atoms with Gasteiger partial charge in [0.15, 0.2) is 0 Å². The molecule has 13 heavy (non-hydrogen) atoms. The molecule has 1 heterocycles. The summed E-state index contributed by atoms with van der Waals surface area (Å²) in [6.07, 6.45) is 2.39. The van der Waals surface area contributed by atoms with E-state index in [1.165, 1.54) is 0 Å². The number of aliphatic hydroxyl groups excluding tert-OH is 1. The maximum atomic E-state index is 9.57. The van der Waals surface area contributed by atoms with E-state index >= 15 is 0 Å². The number of benzene rings is 1. The molecular formula is C10H11NO2. The van der Waals surface area contributed by atoms with Gasteiger partial charge in [-0.2, -0.15) is 0 Å². The van der Waals surface area contributed by atoms with Gasteiger partial charge < -0.3 is 15.2 Å². The number of aromatic hydroxyl groups is 1. The second-order valence-corrected chi connectivity index (χ2v) is 2.99. The number of nitrogens with one attached hydrogen (secondary N) is 1. The summed E-state index contributed by atoms with van der Waals surface area (Å²) in [4.78, 5) is 3.04. The second-order valence-electron chi connectivity index (χ2n) is 2.99. The molecule has 0 spiro atoms. The van der Waals surface area contributed by atoms with E-state index in [-0.39, 0.29) is 12.4 Å². The average Bonchev–Trinajstić information content (AvgIpc) is 2.51.